The van der Waals surface area contributed by atoms with Crippen molar-refractivity contribution in [2.75, 3.05) is 5.33 Å². The van der Waals surface area contributed by atoms with E-state index in [1.807, 2.05) is 6.07 Å². The van der Waals surface area contributed by atoms with E-state index in [9.17, 15) is 0 Å². The normalized spacial score (nSPS) is 10.2. The minimum absolute atomic E-state index is 1.06. The van der Waals surface area contributed by atoms with Gasteiger partial charge >= 0.3 is 0 Å². The summed E-state index contributed by atoms with van der Waals surface area (Å²) in [5, 5.41) is 1.07. The Balaban J connectivity index is 2.75. The first-order valence-corrected chi connectivity index (χ1v) is 5.65. The van der Waals surface area contributed by atoms with Crippen LogP contribution in [0, 0.1) is 6.92 Å². The molecule has 0 saturated heterocycles. The number of halogens is 1. The highest BCUT2D eigenvalue weighted by Gasteiger charge is 1.97. The third kappa shape index (κ3) is 2.83. The second kappa shape index (κ2) is 4.93. The minimum Gasteiger partial charge on any atom is -0.143 e. The van der Waals surface area contributed by atoms with Gasteiger partial charge in [0.25, 0.3) is 0 Å². The number of benzene rings is 1. The molecule has 0 fully saturated rings. The molecule has 0 spiro atoms. The fourth-order valence-electron chi connectivity index (χ4n) is 1.18. The Morgan fingerprint density at radius 2 is 2.17 bits per heavy atom. The van der Waals surface area contributed by atoms with Gasteiger partial charge in [0.2, 0.25) is 0 Å². The van der Waals surface area contributed by atoms with Crippen LogP contribution in [0.5, 0.6) is 0 Å². The molecular weight excluding hydrogens is 232 g/mol. The van der Waals surface area contributed by atoms with Gasteiger partial charge in [0.15, 0.2) is 0 Å². The van der Waals surface area contributed by atoms with E-state index >= 15 is 0 Å². The van der Waals surface area contributed by atoms with Crippen molar-refractivity contribution in [2.24, 2.45) is 0 Å². The van der Waals surface area contributed by atoms with Crippen LogP contribution in [0.3, 0.4) is 0 Å². The van der Waals surface area contributed by atoms with Gasteiger partial charge in [0, 0.05) is 10.2 Å². The fraction of sp³-hybridized carbons (Fsp3) is 0.400. The first kappa shape index (κ1) is 10.1. The van der Waals surface area contributed by atoms with Crippen LogP contribution in [0.25, 0.3) is 0 Å². The quantitative estimate of drug-likeness (QED) is 0.610. The highest BCUT2D eigenvalue weighted by molar-refractivity contribution is 9.09. The van der Waals surface area contributed by atoms with Crippen molar-refractivity contribution in [2.45, 2.75) is 24.7 Å². The van der Waals surface area contributed by atoms with Crippen molar-refractivity contribution >= 4 is 28.6 Å². The summed E-state index contributed by atoms with van der Waals surface area (Å²) < 4.78 is 0. The highest BCUT2D eigenvalue weighted by Crippen LogP contribution is 2.15. The van der Waals surface area contributed by atoms with E-state index in [2.05, 4.69) is 47.6 Å². The molecule has 0 aliphatic rings. The zero-order valence-electron chi connectivity index (χ0n) is 7.18. The van der Waals surface area contributed by atoms with Gasteiger partial charge in [-0.15, -0.1) is 12.6 Å². The largest absolute Gasteiger partial charge is 0.143 e. The molecule has 0 atom stereocenters. The summed E-state index contributed by atoms with van der Waals surface area (Å²) in [6, 6.07) is 6.32. The van der Waals surface area contributed by atoms with Crippen molar-refractivity contribution in [3.63, 3.8) is 0 Å². The first-order chi connectivity index (χ1) is 5.74. The number of rotatable bonds is 3. The monoisotopic (exact) mass is 244 g/mol. The van der Waals surface area contributed by atoms with Gasteiger partial charge < -0.3 is 0 Å². The van der Waals surface area contributed by atoms with Crippen LogP contribution in [0.15, 0.2) is 23.1 Å². The van der Waals surface area contributed by atoms with Crippen molar-refractivity contribution in [3.05, 3.63) is 29.3 Å². The molecule has 0 aliphatic heterocycles. The Bertz CT molecular complexity index is 258. The molecule has 0 aliphatic carbocycles. The van der Waals surface area contributed by atoms with Crippen molar-refractivity contribution < 1.29 is 0 Å². The lowest BCUT2D eigenvalue weighted by molar-refractivity contribution is 0.924. The van der Waals surface area contributed by atoms with Crippen molar-refractivity contribution in [3.8, 4) is 0 Å². The lowest BCUT2D eigenvalue weighted by atomic mass is 10.0. The molecule has 66 valence electrons. The van der Waals surface area contributed by atoms with E-state index in [4.69, 9.17) is 0 Å². The summed E-state index contributed by atoms with van der Waals surface area (Å²) in [5.74, 6) is 0. The number of aryl methyl sites for hydroxylation is 2. The van der Waals surface area contributed by atoms with Gasteiger partial charge in [-0.1, -0.05) is 22.0 Å². The molecule has 1 aromatic rings. The number of thiol groups is 1. The van der Waals surface area contributed by atoms with Crippen LogP contribution in [0.4, 0.5) is 0 Å². The maximum atomic E-state index is 4.31. The van der Waals surface area contributed by atoms with Gasteiger partial charge in [0.1, 0.15) is 0 Å². The van der Waals surface area contributed by atoms with Gasteiger partial charge in [-0.3, -0.25) is 0 Å². The molecule has 0 saturated carbocycles. The fourth-order valence-corrected chi connectivity index (χ4v) is 1.70. The number of hydrogen-bond acceptors (Lipinski definition) is 1. The summed E-state index contributed by atoms with van der Waals surface area (Å²) in [7, 11) is 0. The van der Waals surface area contributed by atoms with Gasteiger partial charge in [-0.2, -0.15) is 0 Å². The third-order valence-electron chi connectivity index (χ3n) is 1.91. The zero-order chi connectivity index (χ0) is 8.97. The SMILES string of the molecule is Cc1ccc(S)cc1CCCBr. The Labute approximate surface area is 87.9 Å². The second-order valence-electron chi connectivity index (χ2n) is 2.90. The lowest BCUT2D eigenvalue weighted by Gasteiger charge is -2.04. The van der Waals surface area contributed by atoms with Crippen LogP contribution in [-0.2, 0) is 6.42 Å². The summed E-state index contributed by atoms with van der Waals surface area (Å²) >= 11 is 7.74. The van der Waals surface area contributed by atoms with Crippen LogP contribution >= 0.6 is 28.6 Å². The summed E-state index contributed by atoms with van der Waals surface area (Å²) in [5.41, 5.74) is 2.79. The van der Waals surface area contributed by atoms with Crippen molar-refractivity contribution in [1.29, 1.82) is 0 Å². The van der Waals surface area contributed by atoms with Crippen LogP contribution in [0.1, 0.15) is 17.5 Å². The Morgan fingerprint density at radius 3 is 2.83 bits per heavy atom. The predicted octanol–water partition coefficient (Wildman–Crippen LogP) is 3.61. The van der Waals surface area contributed by atoms with Crippen molar-refractivity contribution in [1.82, 2.24) is 0 Å². The standard InChI is InChI=1S/C10H13BrS/c1-8-4-5-10(12)7-9(8)3-2-6-11/h4-5,7,12H,2-3,6H2,1H3. The topological polar surface area (TPSA) is 0 Å². The third-order valence-corrected chi connectivity index (χ3v) is 2.75. The van der Waals surface area contributed by atoms with Gasteiger partial charge in [-0.05, 0) is 43.0 Å². The molecule has 0 radical (unpaired) electrons. The van der Waals surface area contributed by atoms with Crippen LogP contribution in [-0.4, -0.2) is 5.33 Å². The summed E-state index contributed by atoms with van der Waals surface area (Å²) in [6.45, 7) is 2.15. The molecule has 0 heterocycles. The highest BCUT2D eigenvalue weighted by atomic mass is 79.9. The molecule has 0 N–H and O–H groups in total. The molecular formula is C10H13BrS. The van der Waals surface area contributed by atoms with Gasteiger partial charge in [-0.25, -0.2) is 0 Å². The minimum atomic E-state index is 1.06. The Hall–Kier alpha value is 0.0500. The smallest absolute Gasteiger partial charge is 0.00429 e. The summed E-state index contributed by atoms with van der Waals surface area (Å²) in [4.78, 5) is 1.06. The first-order valence-electron chi connectivity index (χ1n) is 4.08. The molecule has 1 aromatic carbocycles. The average Bonchev–Trinajstić information content (AvgIpc) is 2.07. The molecule has 0 bridgehead atoms. The molecule has 0 aromatic heterocycles. The molecule has 0 amide bonds. The maximum absolute atomic E-state index is 4.31. The zero-order valence-corrected chi connectivity index (χ0v) is 9.66. The van der Waals surface area contributed by atoms with E-state index < -0.39 is 0 Å². The number of hydrogen-bond donors (Lipinski definition) is 1. The predicted molar refractivity (Wildman–Crippen MR) is 60.5 cm³/mol. The molecule has 0 nitrogen and oxygen atoms in total. The Kier molecular flexibility index (Phi) is 4.16. The van der Waals surface area contributed by atoms with E-state index in [0.717, 1.165) is 16.6 Å². The lowest BCUT2D eigenvalue weighted by Crippen LogP contribution is -1.90. The Morgan fingerprint density at radius 1 is 1.42 bits per heavy atom. The van der Waals surface area contributed by atoms with E-state index in [0.29, 0.717) is 0 Å². The van der Waals surface area contributed by atoms with E-state index in [1.165, 1.54) is 17.5 Å². The van der Waals surface area contributed by atoms with E-state index in [1.54, 1.807) is 0 Å². The molecule has 2 heteroatoms. The van der Waals surface area contributed by atoms with Crippen LogP contribution in [0.2, 0.25) is 0 Å². The van der Waals surface area contributed by atoms with Crippen LogP contribution < -0.4 is 0 Å². The molecule has 0 unspecified atom stereocenters. The summed E-state index contributed by atoms with van der Waals surface area (Å²) in [6.07, 6.45) is 2.34. The second-order valence-corrected chi connectivity index (χ2v) is 4.21. The average molecular weight is 245 g/mol. The van der Waals surface area contributed by atoms with Gasteiger partial charge in [0.05, 0.1) is 0 Å². The molecule has 1 rings (SSSR count). The molecule has 12 heavy (non-hydrogen) atoms. The van der Waals surface area contributed by atoms with E-state index in [-0.39, 0.29) is 0 Å². The maximum Gasteiger partial charge on any atom is 0.00429 e. The number of alkyl halides is 1.